The lowest BCUT2D eigenvalue weighted by Gasteiger charge is -2.33. The molecule has 0 radical (unpaired) electrons. The fourth-order valence-corrected chi connectivity index (χ4v) is 2.79. The number of rotatable bonds is 4. The maximum absolute atomic E-state index is 4.44. The quantitative estimate of drug-likeness (QED) is 0.871. The summed E-state index contributed by atoms with van der Waals surface area (Å²) in [5.74, 6) is 1.74. The Morgan fingerprint density at radius 3 is 2.71 bits per heavy atom. The summed E-state index contributed by atoms with van der Waals surface area (Å²) in [6.45, 7) is 10.0. The first kappa shape index (κ1) is 12.6. The molecule has 0 aliphatic carbocycles. The zero-order valence-electron chi connectivity index (χ0n) is 11.4. The van der Waals surface area contributed by atoms with E-state index in [0.717, 1.165) is 18.8 Å². The highest BCUT2D eigenvalue weighted by atomic mass is 15.3. The van der Waals surface area contributed by atoms with Crippen molar-refractivity contribution in [3.63, 3.8) is 0 Å². The van der Waals surface area contributed by atoms with Crippen molar-refractivity contribution in [1.29, 1.82) is 0 Å². The second-order valence-corrected chi connectivity index (χ2v) is 5.73. The average molecular weight is 236 g/mol. The van der Waals surface area contributed by atoms with Crippen molar-refractivity contribution in [2.24, 2.45) is 5.92 Å². The Balaban J connectivity index is 2.21. The van der Waals surface area contributed by atoms with Crippen molar-refractivity contribution in [2.75, 3.05) is 6.54 Å². The van der Waals surface area contributed by atoms with E-state index in [1.54, 1.807) is 6.33 Å². The largest absolute Gasteiger partial charge is 0.311 e. The van der Waals surface area contributed by atoms with Crippen molar-refractivity contribution in [1.82, 2.24) is 20.1 Å². The van der Waals surface area contributed by atoms with Crippen LogP contribution >= 0.6 is 0 Å². The monoisotopic (exact) mass is 236 g/mol. The van der Waals surface area contributed by atoms with E-state index >= 15 is 0 Å². The van der Waals surface area contributed by atoms with E-state index in [1.807, 2.05) is 4.68 Å². The molecule has 1 saturated heterocycles. The lowest BCUT2D eigenvalue weighted by atomic mass is 9.82. The summed E-state index contributed by atoms with van der Waals surface area (Å²) in [4.78, 5) is 4.44. The third-order valence-electron chi connectivity index (χ3n) is 3.99. The molecular weight excluding hydrogens is 212 g/mol. The molecule has 1 fully saturated rings. The van der Waals surface area contributed by atoms with Gasteiger partial charge in [0.25, 0.3) is 0 Å². The normalized spacial score (nSPS) is 25.1. The summed E-state index contributed by atoms with van der Waals surface area (Å²) in [7, 11) is 0. The molecular formula is C13H24N4. The van der Waals surface area contributed by atoms with Gasteiger partial charge >= 0.3 is 0 Å². The Bertz CT molecular complexity index is 361. The number of nitrogens with one attached hydrogen (secondary N) is 1. The van der Waals surface area contributed by atoms with Gasteiger partial charge in [-0.05, 0) is 39.2 Å². The standard InChI is InChI=1S/C13H24N4/c1-10(2)13(6-5-7-15-13)8-12-14-9-16-17(12)11(3)4/h9-11,15H,5-8H2,1-4H3. The predicted octanol–water partition coefficient (Wildman–Crippen LogP) is 2.18. The van der Waals surface area contributed by atoms with Crippen LogP contribution in [0.5, 0.6) is 0 Å². The van der Waals surface area contributed by atoms with Crippen molar-refractivity contribution >= 4 is 0 Å². The first-order valence-corrected chi connectivity index (χ1v) is 6.68. The van der Waals surface area contributed by atoms with Crippen LogP contribution < -0.4 is 5.32 Å². The highest BCUT2D eigenvalue weighted by Crippen LogP contribution is 2.31. The molecule has 0 aromatic carbocycles. The molecule has 4 heteroatoms. The summed E-state index contributed by atoms with van der Waals surface area (Å²) in [6, 6.07) is 0.387. The van der Waals surface area contributed by atoms with Crippen LogP contribution in [-0.2, 0) is 6.42 Å². The summed E-state index contributed by atoms with van der Waals surface area (Å²) in [5.41, 5.74) is 0.222. The minimum Gasteiger partial charge on any atom is -0.311 e. The Hall–Kier alpha value is -0.900. The van der Waals surface area contributed by atoms with Crippen molar-refractivity contribution in [2.45, 2.75) is 58.5 Å². The molecule has 0 spiro atoms. The Kier molecular flexibility index (Phi) is 3.52. The third-order valence-corrected chi connectivity index (χ3v) is 3.99. The first-order valence-electron chi connectivity index (χ1n) is 6.68. The molecule has 0 amide bonds. The van der Waals surface area contributed by atoms with E-state index in [0.29, 0.717) is 12.0 Å². The molecule has 1 aromatic rings. The Morgan fingerprint density at radius 2 is 2.18 bits per heavy atom. The van der Waals surface area contributed by atoms with E-state index in [-0.39, 0.29) is 5.54 Å². The zero-order chi connectivity index (χ0) is 12.5. The number of hydrogen-bond donors (Lipinski definition) is 1. The van der Waals surface area contributed by atoms with E-state index in [9.17, 15) is 0 Å². The minimum absolute atomic E-state index is 0.222. The average Bonchev–Trinajstić information content (AvgIpc) is 2.87. The summed E-state index contributed by atoms with van der Waals surface area (Å²) < 4.78 is 2.05. The Morgan fingerprint density at radius 1 is 1.41 bits per heavy atom. The fraction of sp³-hybridized carbons (Fsp3) is 0.846. The van der Waals surface area contributed by atoms with Gasteiger partial charge in [-0.1, -0.05) is 13.8 Å². The molecule has 1 unspecified atom stereocenters. The van der Waals surface area contributed by atoms with Crippen LogP contribution in [0.15, 0.2) is 6.33 Å². The molecule has 1 aromatic heterocycles. The summed E-state index contributed by atoms with van der Waals surface area (Å²) in [5, 5.41) is 8.02. The van der Waals surface area contributed by atoms with Gasteiger partial charge in [0.05, 0.1) is 0 Å². The van der Waals surface area contributed by atoms with Gasteiger partial charge in [0.15, 0.2) is 0 Å². The molecule has 2 rings (SSSR count). The maximum Gasteiger partial charge on any atom is 0.138 e. The van der Waals surface area contributed by atoms with Gasteiger partial charge in [0, 0.05) is 18.0 Å². The molecule has 1 N–H and O–H groups in total. The van der Waals surface area contributed by atoms with Crippen molar-refractivity contribution < 1.29 is 0 Å². The maximum atomic E-state index is 4.44. The molecule has 0 bridgehead atoms. The SMILES string of the molecule is CC(C)n1ncnc1CC1(C(C)C)CCCN1. The van der Waals surface area contributed by atoms with E-state index in [2.05, 4.69) is 43.1 Å². The lowest BCUT2D eigenvalue weighted by Crippen LogP contribution is -2.47. The van der Waals surface area contributed by atoms with Gasteiger partial charge < -0.3 is 5.32 Å². The van der Waals surface area contributed by atoms with Gasteiger partial charge in [-0.3, -0.25) is 0 Å². The van der Waals surface area contributed by atoms with Crippen LogP contribution in [0.3, 0.4) is 0 Å². The minimum atomic E-state index is 0.222. The topological polar surface area (TPSA) is 42.7 Å². The van der Waals surface area contributed by atoms with Gasteiger partial charge in [-0.25, -0.2) is 9.67 Å². The fourth-order valence-electron chi connectivity index (χ4n) is 2.79. The van der Waals surface area contributed by atoms with Gasteiger partial charge in [-0.2, -0.15) is 5.10 Å². The van der Waals surface area contributed by atoms with Gasteiger partial charge in [0.2, 0.25) is 0 Å². The van der Waals surface area contributed by atoms with Crippen molar-refractivity contribution in [3.05, 3.63) is 12.2 Å². The third kappa shape index (κ3) is 2.37. The molecule has 0 saturated carbocycles. The van der Waals surface area contributed by atoms with Crippen LogP contribution in [0.1, 0.15) is 52.4 Å². The van der Waals surface area contributed by atoms with Gasteiger partial charge in [0.1, 0.15) is 12.2 Å². The smallest absolute Gasteiger partial charge is 0.138 e. The molecule has 4 nitrogen and oxygen atoms in total. The molecule has 1 aliphatic heterocycles. The van der Waals surface area contributed by atoms with Crippen LogP contribution in [-0.4, -0.2) is 26.8 Å². The molecule has 96 valence electrons. The molecule has 17 heavy (non-hydrogen) atoms. The highest BCUT2D eigenvalue weighted by Gasteiger charge is 2.37. The second kappa shape index (κ2) is 4.77. The highest BCUT2D eigenvalue weighted by molar-refractivity contribution is 5.04. The first-order chi connectivity index (χ1) is 8.05. The van der Waals surface area contributed by atoms with Crippen molar-refractivity contribution in [3.8, 4) is 0 Å². The van der Waals surface area contributed by atoms with E-state index in [1.165, 1.54) is 12.8 Å². The number of nitrogens with zero attached hydrogens (tertiary/aromatic N) is 3. The predicted molar refractivity (Wildman–Crippen MR) is 68.9 cm³/mol. The van der Waals surface area contributed by atoms with Crippen LogP contribution in [0, 0.1) is 5.92 Å². The second-order valence-electron chi connectivity index (χ2n) is 5.73. The Labute approximate surface area is 104 Å². The van der Waals surface area contributed by atoms with Crippen LogP contribution in [0.2, 0.25) is 0 Å². The lowest BCUT2D eigenvalue weighted by molar-refractivity contribution is 0.259. The number of hydrogen-bond acceptors (Lipinski definition) is 3. The van der Waals surface area contributed by atoms with E-state index in [4.69, 9.17) is 0 Å². The van der Waals surface area contributed by atoms with E-state index < -0.39 is 0 Å². The van der Waals surface area contributed by atoms with Crippen LogP contribution in [0.4, 0.5) is 0 Å². The summed E-state index contributed by atoms with van der Waals surface area (Å²) in [6.07, 6.45) is 5.19. The van der Waals surface area contributed by atoms with Crippen LogP contribution in [0.25, 0.3) is 0 Å². The summed E-state index contributed by atoms with van der Waals surface area (Å²) >= 11 is 0. The zero-order valence-corrected chi connectivity index (χ0v) is 11.4. The molecule has 1 aliphatic rings. The number of aromatic nitrogens is 3. The molecule has 2 heterocycles. The van der Waals surface area contributed by atoms with Gasteiger partial charge in [-0.15, -0.1) is 0 Å². The molecule has 1 atom stereocenters.